The van der Waals surface area contributed by atoms with Crippen LogP contribution in [0.2, 0.25) is 0 Å². The minimum atomic E-state index is 0.616. The van der Waals surface area contributed by atoms with E-state index in [1.54, 1.807) is 7.11 Å². The third-order valence-electron chi connectivity index (χ3n) is 1.97. The second kappa shape index (κ2) is 5.49. The number of rotatable bonds is 5. The molecule has 0 amide bonds. The van der Waals surface area contributed by atoms with E-state index < -0.39 is 0 Å². The Bertz CT molecular complexity index is 294. The molecule has 1 aromatic rings. The average Bonchev–Trinajstić information content (AvgIpc) is 2.18. The van der Waals surface area contributed by atoms with Crippen molar-refractivity contribution in [3.8, 4) is 17.2 Å². The Kier molecular flexibility index (Phi) is 4.28. The number of benzene rings is 1. The van der Waals surface area contributed by atoms with Crippen molar-refractivity contribution in [1.29, 1.82) is 0 Å². The average molecular weight is 210 g/mol. The van der Waals surface area contributed by atoms with Crippen LogP contribution in [0.1, 0.15) is 19.4 Å². The fourth-order valence-corrected chi connectivity index (χ4v) is 1.43. The quantitative estimate of drug-likeness (QED) is 0.748. The smallest absolute Gasteiger partial charge is 0.203 e. The Hall–Kier alpha value is -1.38. The van der Waals surface area contributed by atoms with E-state index in [-0.39, 0.29) is 0 Å². The zero-order chi connectivity index (χ0) is 11.3. The Balaban J connectivity index is 3.12. The molecule has 0 bridgehead atoms. The third kappa shape index (κ3) is 2.78. The van der Waals surface area contributed by atoms with E-state index in [9.17, 15) is 0 Å². The molecule has 0 heterocycles. The van der Waals surface area contributed by atoms with Gasteiger partial charge in [-0.25, -0.2) is 0 Å². The van der Waals surface area contributed by atoms with Gasteiger partial charge in [0.15, 0.2) is 11.5 Å². The van der Waals surface area contributed by atoms with Crippen LogP contribution in [-0.4, -0.2) is 20.3 Å². The van der Waals surface area contributed by atoms with Gasteiger partial charge in [0.05, 0.1) is 20.3 Å². The highest BCUT2D eigenvalue weighted by molar-refractivity contribution is 5.53. The van der Waals surface area contributed by atoms with E-state index in [2.05, 4.69) is 0 Å². The van der Waals surface area contributed by atoms with Crippen molar-refractivity contribution in [1.82, 2.24) is 0 Å². The summed E-state index contributed by atoms with van der Waals surface area (Å²) in [4.78, 5) is 0. The first kappa shape index (κ1) is 11.7. The van der Waals surface area contributed by atoms with Gasteiger partial charge in [-0.3, -0.25) is 0 Å². The predicted octanol–water partition coefficient (Wildman–Crippen LogP) is 2.80. The van der Waals surface area contributed by atoms with Gasteiger partial charge in [-0.15, -0.1) is 0 Å². The number of hydrogen-bond donors (Lipinski definition) is 0. The zero-order valence-corrected chi connectivity index (χ0v) is 9.79. The normalized spacial score (nSPS) is 9.87. The van der Waals surface area contributed by atoms with Crippen molar-refractivity contribution in [2.24, 2.45) is 0 Å². The van der Waals surface area contributed by atoms with Crippen molar-refractivity contribution in [2.45, 2.75) is 20.8 Å². The van der Waals surface area contributed by atoms with Gasteiger partial charge in [-0.05, 0) is 38.5 Å². The van der Waals surface area contributed by atoms with Crippen LogP contribution in [-0.2, 0) is 0 Å². The van der Waals surface area contributed by atoms with Crippen LogP contribution in [0.5, 0.6) is 17.2 Å². The highest BCUT2D eigenvalue weighted by atomic mass is 16.5. The molecule has 1 aromatic carbocycles. The van der Waals surface area contributed by atoms with Gasteiger partial charge in [0.2, 0.25) is 5.75 Å². The first-order valence-corrected chi connectivity index (χ1v) is 5.17. The molecule has 0 radical (unpaired) electrons. The molecular weight excluding hydrogens is 192 g/mol. The van der Waals surface area contributed by atoms with E-state index in [0.29, 0.717) is 19.0 Å². The van der Waals surface area contributed by atoms with Gasteiger partial charge in [-0.1, -0.05) is 0 Å². The minimum Gasteiger partial charge on any atom is -0.490 e. The summed E-state index contributed by atoms with van der Waals surface area (Å²) in [5, 5.41) is 0. The second-order valence-electron chi connectivity index (χ2n) is 3.16. The summed E-state index contributed by atoms with van der Waals surface area (Å²) in [7, 11) is 1.62. The van der Waals surface area contributed by atoms with Crippen LogP contribution in [0.4, 0.5) is 0 Å². The van der Waals surface area contributed by atoms with E-state index >= 15 is 0 Å². The standard InChI is InChI=1S/C12H18O3/c1-5-14-10-7-9(3)8-11(15-6-2)12(10)13-4/h7-8H,5-6H2,1-4H3. The van der Waals surface area contributed by atoms with Crippen LogP contribution in [0, 0.1) is 6.92 Å². The largest absolute Gasteiger partial charge is 0.490 e. The minimum absolute atomic E-state index is 0.616. The van der Waals surface area contributed by atoms with E-state index in [4.69, 9.17) is 14.2 Å². The molecule has 1 rings (SSSR count). The van der Waals surface area contributed by atoms with Gasteiger partial charge in [-0.2, -0.15) is 0 Å². The Morgan fingerprint density at radius 1 is 1.00 bits per heavy atom. The lowest BCUT2D eigenvalue weighted by molar-refractivity contribution is 0.282. The van der Waals surface area contributed by atoms with Gasteiger partial charge in [0.25, 0.3) is 0 Å². The summed E-state index contributed by atoms with van der Waals surface area (Å²) in [6, 6.07) is 3.90. The third-order valence-corrected chi connectivity index (χ3v) is 1.97. The lowest BCUT2D eigenvalue weighted by atomic mass is 10.2. The van der Waals surface area contributed by atoms with Gasteiger partial charge in [0.1, 0.15) is 0 Å². The maximum absolute atomic E-state index is 5.49. The Labute approximate surface area is 91.0 Å². The van der Waals surface area contributed by atoms with Crippen molar-refractivity contribution in [3.63, 3.8) is 0 Å². The molecule has 0 atom stereocenters. The highest BCUT2D eigenvalue weighted by Gasteiger charge is 2.12. The molecule has 0 aliphatic carbocycles. The number of ether oxygens (including phenoxy) is 3. The van der Waals surface area contributed by atoms with Crippen molar-refractivity contribution in [2.75, 3.05) is 20.3 Å². The van der Waals surface area contributed by atoms with E-state index in [1.165, 1.54) is 0 Å². The lowest BCUT2D eigenvalue weighted by Crippen LogP contribution is -2.00. The molecule has 0 saturated carbocycles. The van der Waals surface area contributed by atoms with Crippen LogP contribution in [0.25, 0.3) is 0 Å². The fraction of sp³-hybridized carbons (Fsp3) is 0.500. The zero-order valence-electron chi connectivity index (χ0n) is 9.79. The van der Waals surface area contributed by atoms with Crippen LogP contribution < -0.4 is 14.2 Å². The van der Waals surface area contributed by atoms with E-state index in [1.807, 2.05) is 32.9 Å². The van der Waals surface area contributed by atoms with Crippen LogP contribution >= 0.6 is 0 Å². The summed E-state index contributed by atoms with van der Waals surface area (Å²) in [5.41, 5.74) is 1.10. The molecule has 0 aromatic heterocycles. The Morgan fingerprint density at radius 3 is 1.80 bits per heavy atom. The van der Waals surface area contributed by atoms with Gasteiger partial charge < -0.3 is 14.2 Å². The van der Waals surface area contributed by atoms with Crippen molar-refractivity contribution in [3.05, 3.63) is 17.7 Å². The van der Waals surface area contributed by atoms with Crippen LogP contribution in [0.15, 0.2) is 12.1 Å². The molecule has 0 aliphatic heterocycles. The molecule has 0 aliphatic rings. The molecule has 0 fully saturated rings. The van der Waals surface area contributed by atoms with E-state index in [0.717, 1.165) is 17.1 Å². The summed E-state index contributed by atoms with van der Waals surface area (Å²) in [6.45, 7) is 7.13. The van der Waals surface area contributed by atoms with Crippen molar-refractivity contribution >= 4 is 0 Å². The second-order valence-corrected chi connectivity index (χ2v) is 3.16. The topological polar surface area (TPSA) is 27.7 Å². The fourth-order valence-electron chi connectivity index (χ4n) is 1.43. The number of methoxy groups -OCH3 is 1. The maximum Gasteiger partial charge on any atom is 0.203 e. The van der Waals surface area contributed by atoms with Gasteiger partial charge >= 0.3 is 0 Å². The first-order chi connectivity index (χ1) is 7.22. The molecule has 84 valence electrons. The lowest BCUT2D eigenvalue weighted by Gasteiger charge is -2.14. The number of hydrogen-bond acceptors (Lipinski definition) is 3. The predicted molar refractivity (Wildman–Crippen MR) is 60.1 cm³/mol. The molecule has 0 unspecified atom stereocenters. The summed E-state index contributed by atoms with van der Waals surface area (Å²) < 4.78 is 16.3. The molecule has 3 heteroatoms. The molecule has 3 nitrogen and oxygen atoms in total. The molecule has 0 saturated heterocycles. The monoisotopic (exact) mass is 210 g/mol. The van der Waals surface area contributed by atoms with Gasteiger partial charge in [0, 0.05) is 0 Å². The molecule has 0 N–H and O–H groups in total. The molecular formula is C12H18O3. The summed E-state index contributed by atoms with van der Waals surface area (Å²) in [5.74, 6) is 2.15. The van der Waals surface area contributed by atoms with Crippen molar-refractivity contribution < 1.29 is 14.2 Å². The molecule has 0 spiro atoms. The maximum atomic E-state index is 5.49. The summed E-state index contributed by atoms with van der Waals surface area (Å²) in [6.07, 6.45) is 0. The SMILES string of the molecule is CCOc1cc(C)cc(OCC)c1OC. The number of aryl methyl sites for hydroxylation is 1. The molecule has 15 heavy (non-hydrogen) atoms. The Morgan fingerprint density at radius 2 is 1.47 bits per heavy atom. The first-order valence-electron chi connectivity index (χ1n) is 5.17. The van der Waals surface area contributed by atoms with Crippen LogP contribution in [0.3, 0.4) is 0 Å². The summed E-state index contributed by atoms with van der Waals surface area (Å²) >= 11 is 0. The highest BCUT2D eigenvalue weighted by Crippen LogP contribution is 2.38.